The highest BCUT2D eigenvalue weighted by Crippen LogP contribution is 2.24. The Hall–Kier alpha value is -2.43. The van der Waals surface area contributed by atoms with Crippen LogP contribution in [0, 0.1) is 0 Å². The Kier molecular flexibility index (Phi) is 6.80. The summed E-state index contributed by atoms with van der Waals surface area (Å²) in [7, 11) is 1.63. The molecule has 0 atom stereocenters. The highest BCUT2D eigenvalue weighted by atomic mass is 35.5. The van der Waals surface area contributed by atoms with Gasteiger partial charge in [-0.15, -0.1) is 11.8 Å². The van der Waals surface area contributed by atoms with Crippen molar-refractivity contribution in [1.82, 2.24) is 5.32 Å². The van der Waals surface area contributed by atoms with E-state index in [4.69, 9.17) is 16.3 Å². The number of benzene rings is 3. The lowest BCUT2D eigenvalue weighted by Crippen LogP contribution is -2.22. The zero-order chi connectivity index (χ0) is 19.1. The second-order valence-corrected chi connectivity index (χ2v) is 7.46. The van der Waals surface area contributed by atoms with E-state index in [0.29, 0.717) is 12.1 Å². The summed E-state index contributed by atoms with van der Waals surface area (Å²) in [4.78, 5) is 13.5. The quantitative estimate of drug-likeness (QED) is 0.529. The van der Waals surface area contributed by atoms with E-state index in [1.165, 1.54) is 10.5 Å². The van der Waals surface area contributed by atoms with Gasteiger partial charge >= 0.3 is 0 Å². The highest BCUT2D eigenvalue weighted by molar-refractivity contribution is 7.98. The van der Waals surface area contributed by atoms with Gasteiger partial charge in [0.05, 0.1) is 7.11 Å². The third-order valence-corrected chi connectivity index (χ3v) is 5.38. The molecule has 0 fully saturated rings. The van der Waals surface area contributed by atoms with E-state index < -0.39 is 0 Å². The molecular formula is C22H20ClNO2S. The molecule has 0 aromatic heterocycles. The zero-order valence-electron chi connectivity index (χ0n) is 14.9. The van der Waals surface area contributed by atoms with E-state index in [0.717, 1.165) is 22.1 Å². The number of halogens is 1. The predicted molar refractivity (Wildman–Crippen MR) is 112 cm³/mol. The van der Waals surface area contributed by atoms with Crippen molar-refractivity contribution in [2.45, 2.75) is 17.2 Å². The summed E-state index contributed by atoms with van der Waals surface area (Å²) < 4.78 is 5.13. The monoisotopic (exact) mass is 397 g/mol. The van der Waals surface area contributed by atoms with Gasteiger partial charge in [0.25, 0.3) is 5.91 Å². The molecule has 5 heteroatoms. The third kappa shape index (κ3) is 5.78. The van der Waals surface area contributed by atoms with Crippen molar-refractivity contribution >= 4 is 29.3 Å². The third-order valence-electron chi connectivity index (χ3n) is 4.05. The summed E-state index contributed by atoms with van der Waals surface area (Å²) in [5.74, 6) is 1.56. The molecule has 0 radical (unpaired) electrons. The largest absolute Gasteiger partial charge is 0.497 e. The minimum Gasteiger partial charge on any atom is -0.497 e. The van der Waals surface area contributed by atoms with E-state index in [2.05, 4.69) is 5.32 Å². The molecule has 138 valence electrons. The first-order chi connectivity index (χ1) is 13.1. The number of hydrogen-bond acceptors (Lipinski definition) is 3. The van der Waals surface area contributed by atoms with E-state index >= 15 is 0 Å². The lowest BCUT2D eigenvalue weighted by molar-refractivity contribution is 0.0951. The molecule has 0 aliphatic rings. The van der Waals surface area contributed by atoms with Gasteiger partial charge in [-0.3, -0.25) is 4.79 Å². The normalized spacial score (nSPS) is 10.4. The van der Waals surface area contributed by atoms with E-state index in [1.54, 1.807) is 18.9 Å². The van der Waals surface area contributed by atoms with Gasteiger partial charge in [0.2, 0.25) is 0 Å². The summed E-state index contributed by atoms with van der Waals surface area (Å²) in [5.41, 5.74) is 2.85. The van der Waals surface area contributed by atoms with Crippen molar-refractivity contribution in [1.29, 1.82) is 0 Å². The average Bonchev–Trinajstić information content (AvgIpc) is 2.72. The van der Waals surface area contributed by atoms with Crippen LogP contribution in [0.2, 0.25) is 5.02 Å². The Labute approximate surface area is 168 Å². The van der Waals surface area contributed by atoms with Gasteiger partial charge in [0.1, 0.15) is 5.75 Å². The second-order valence-electron chi connectivity index (χ2n) is 5.97. The molecule has 1 N–H and O–H groups in total. The lowest BCUT2D eigenvalue weighted by atomic mass is 10.1. The molecule has 3 rings (SSSR count). The molecule has 0 heterocycles. The zero-order valence-corrected chi connectivity index (χ0v) is 16.5. The molecule has 0 saturated heterocycles. The molecule has 1 amide bonds. The van der Waals surface area contributed by atoms with E-state index in [1.807, 2.05) is 72.8 Å². The van der Waals surface area contributed by atoms with Gasteiger partial charge in [0, 0.05) is 27.8 Å². The average molecular weight is 398 g/mol. The molecule has 0 aliphatic carbocycles. The van der Waals surface area contributed by atoms with Crippen molar-refractivity contribution in [3.63, 3.8) is 0 Å². The van der Waals surface area contributed by atoms with Crippen molar-refractivity contribution < 1.29 is 9.53 Å². The van der Waals surface area contributed by atoms with Crippen LogP contribution in [-0.4, -0.2) is 13.0 Å². The van der Waals surface area contributed by atoms with Gasteiger partial charge in [-0.05, 0) is 59.7 Å². The number of rotatable bonds is 7. The van der Waals surface area contributed by atoms with E-state index in [9.17, 15) is 4.79 Å². The van der Waals surface area contributed by atoms with Crippen molar-refractivity contribution in [2.24, 2.45) is 0 Å². The highest BCUT2D eigenvalue weighted by Gasteiger charge is 2.06. The van der Waals surface area contributed by atoms with Crippen LogP contribution in [0.25, 0.3) is 0 Å². The summed E-state index contributed by atoms with van der Waals surface area (Å²) in [6.45, 7) is 0.483. The smallest absolute Gasteiger partial charge is 0.251 e. The van der Waals surface area contributed by atoms with Gasteiger partial charge in [-0.2, -0.15) is 0 Å². The Morgan fingerprint density at radius 3 is 2.19 bits per heavy atom. The minimum atomic E-state index is -0.0808. The maximum atomic E-state index is 12.3. The maximum Gasteiger partial charge on any atom is 0.251 e. The van der Waals surface area contributed by atoms with Crippen LogP contribution >= 0.6 is 23.4 Å². The topological polar surface area (TPSA) is 38.3 Å². The number of hydrogen-bond donors (Lipinski definition) is 1. The minimum absolute atomic E-state index is 0.0808. The number of carbonyl (C=O) groups excluding carboxylic acids is 1. The van der Waals surface area contributed by atoms with Gasteiger partial charge in [-0.1, -0.05) is 35.9 Å². The standard InChI is InChI=1S/C22H20ClNO2S/c1-26-20-10-4-16(5-11-20)14-24-22(25)18-6-2-17(3-7-18)15-27-21-12-8-19(23)9-13-21/h2-13H,14-15H2,1H3,(H,24,25). The molecule has 3 aromatic rings. The summed E-state index contributed by atoms with van der Waals surface area (Å²) in [6.07, 6.45) is 0. The molecule has 0 bridgehead atoms. The first-order valence-electron chi connectivity index (χ1n) is 8.52. The SMILES string of the molecule is COc1ccc(CNC(=O)c2ccc(CSc3ccc(Cl)cc3)cc2)cc1. The molecule has 3 aromatic carbocycles. The molecule has 0 spiro atoms. The van der Waals surface area contributed by atoms with Gasteiger partial charge in [-0.25, -0.2) is 0 Å². The fraction of sp³-hybridized carbons (Fsp3) is 0.136. The van der Waals surface area contributed by atoms with Crippen LogP contribution in [0.5, 0.6) is 5.75 Å². The molecule has 0 unspecified atom stereocenters. The first-order valence-corrected chi connectivity index (χ1v) is 9.89. The van der Waals surface area contributed by atoms with Crippen molar-refractivity contribution in [3.8, 4) is 5.75 Å². The maximum absolute atomic E-state index is 12.3. The number of methoxy groups -OCH3 is 1. The molecule has 0 aliphatic heterocycles. The number of carbonyl (C=O) groups is 1. The lowest BCUT2D eigenvalue weighted by Gasteiger charge is -2.07. The van der Waals surface area contributed by atoms with Gasteiger partial charge < -0.3 is 10.1 Å². The van der Waals surface area contributed by atoms with Crippen LogP contribution in [-0.2, 0) is 12.3 Å². The van der Waals surface area contributed by atoms with Crippen molar-refractivity contribution in [3.05, 3.63) is 94.5 Å². The Morgan fingerprint density at radius 1 is 0.926 bits per heavy atom. The Morgan fingerprint density at radius 2 is 1.56 bits per heavy atom. The summed E-state index contributed by atoms with van der Waals surface area (Å²) >= 11 is 7.64. The number of thioether (sulfide) groups is 1. The number of nitrogens with one attached hydrogen (secondary N) is 1. The Balaban J connectivity index is 1.51. The number of ether oxygens (including phenoxy) is 1. The van der Waals surface area contributed by atoms with Crippen LogP contribution in [0.4, 0.5) is 0 Å². The predicted octanol–water partition coefficient (Wildman–Crippen LogP) is 5.57. The summed E-state index contributed by atoms with van der Waals surface area (Å²) in [5, 5.41) is 3.68. The van der Waals surface area contributed by atoms with Crippen molar-refractivity contribution in [2.75, 3.05) is 7.11 Å². The van der Waals surface area contributed by atoms with Crippen LogP contribution in [0.15, 0.2) is 77.7 Å². The van der Waals surface area contributed by atoms with Crippen LogP contribution < -0.4 is 10.1 Å². The van der Waals surface area contributed by atoms with Crippen LogP contribution in [0.1, 0.15) is 21.5 Å². The fourth-order valence-electron chi connectivity index (χ4n) is 2.48. The summed E-state index contributed by atoms with van der Waals surface area (Å²) in [6, 6.07) is 23.1. The molecular weight excluding hydrogens is 378 g/mol. The Bertz CT molecular complexity index is 878. The molecule has 0 saturated carbocycles. The molecule has 3 nitrogen and oxygen atoms in total. The second kappa shape index (κ2) is 9.49. The van der Waals surface area contributed by atoms with Gasteiger partial charge in [0.15, 0.2) is 0 Å². The fourth-order valence-corrected chi connectivity index (χ4v) is 3.46. The van der Waals surface area contributed by atoms with Crippen LogP contribution in [0.3, 0.4) is 0 Å². The number of amides is 1. The molecule has 27 heavy (non-hydrogen) atoms. The van der Waals surface area contributed by atoms with E-state index in [-0.39, 0.29) is 5.91 Å². The first kappa shape index (κ1) is 19.3.